The van der Waals surface area contributed by atoms with Crippen LogP contribution in [0.2, 0.25) is 10.0 Å². The van der Waals surface area contributed by atoms with Crippen molar-refractivity contribution in [1.82, 2.24) is 0 Å². The lowest BCUT2D eigenvalue weighted by Crippen LogP contribution is -2.12. The second-order valence-corrected chi connectivity index (χ2v) is 7.28. The molecule has 1 unspecified atom stereocenters. The molecule has 0 radical (unpaired) electrons. The number of hydrogen-bond donors (Lipinski definition) is 0. The molecule has 0 bridgehead atoms. The number of rotatable bonds is 3. The first-order chi connectivity index (χ1) is 13.5. The summed E-state index contributed by atoms with van der Waals surface area (Å²) >= 11 is 11.8. The number of Topliss-reactive ketones (excluding diaryl/α,β-unsaturated/α-hetero) is 1. The molecule has 1 atom stereocenters. The van der Waals surface area contributed by atoms with Gasteiger partial charge in [-0.25, -0.2) is 0 Å². The lowest BCUT2D eigenvalue weighted by molar-refractivity contribution is -0.136. The minimum atomic E-state index is -0.947. The van der Waals surface area contributed by atoms with Crippen LogP contribution in [0.25, 0.3) is 17.2 Å². The normalized spacial score (nSPS) is 17.8. The second kappa shape index (κ2) is 7.63. The first kappa shape index (κ1) is 18.5. The molecule has 0 amide bonds. The van der Waals surface area contributed by atoms with Crippen LogP contribution in [0.15, 0.2) is 78.6 Å². The molecule has 138 valence electrons. The Morgan fingerprint density at radius 3 is 1.79 bits per heavy atom. The minimum Gasteiger partial charge on any atom is -0.422 e. The Hall–Kier alpha value is -2.88. The van der Waals surface area contributed by atoms with Crippen LogP contribution in [-0.2, 0) is 14.3 Å². The van der Waals surface area contributed by atoms with E-state index in [9.17, 15) is 9.59 Å². The number of ether oxygens (including phenoxy) is 1. The van der Waals surface area contributed by atoms with Gasteiger partial charge in [0.2, 0.25) is 5.78 Å². The lowest BCUT2D eigenvalue weighted by Gasteiger charge is -2.03. The molecule has 5 heteroatoms. The Bertz CT molecular complexity index is 1070. The number of hydrogen-bond acceptors (Lipinski definition) is 3. The van der Waals surface area contributed by atoms with Crippen molar-refractivity contribution in [3.05, 3.63) is 99.7 Å². The number of carbonyl (C=O) groups is 2. The van der Waals surface area contributed by atoms with Gasteiger partial charge in [0, 0.05) is 10.0 Å². The lowest BCUT2D eigenvalue weighted by atomic mass is 9.95. The van der Waals surface area contributed by atoms with Crippen LogP contribution in [0.4, 0.5) is 0 Å². The van der Waals surface area contributed by atoms with E-state index in [1.165, 1.54) is 0 Å². The molecule has 1 saturated heterocycles. The van der Waals surface area contributed by atoms with Gasteiger partial charge in [-0.2, -0.15) is 0 Å². The number of allylic oxidation sites excluding steroid dienone is 1. The van der Waals surface area contributed by atoms with Crippen molar-refractivity contribution < 1.29 is 14.3 Å². The van der Waals surface area contributed by atoms with Crippen molar-refractivity contribution in [2.45, 2.75) is 5.92 Å². The van der Waals surface area contributed by atoms with Crippen LogP contribution < -0.4 is 0 Å². The fourth-order valence-electron chi connectivity index (χ4n) is 3.08. The first-order valence-corrected chi connectivity index (χ1v) is 9.36. The molecule has 4 rings (SSSR count). The summed E-state index contributed by atoms with van der Waals surface area (Å²) in [7, 11) is 0. The van der Waals surface area contributed by atoms with E-state index in [-0.39, 0.29) is 11.5 Å². The van der Waals surface area contributed by atoms with E-state index in [2.05, 4.69) is 0 Å². The Morgan fingerprint density at radius 1 is 0.714 bits per heavy atom. The standard InChI is InChI=1S/C23H14Cl2O3/c24-18-9-5-16(6-10-18)15-3-1-14(2-4-15)13-20-22(26)21(23(27)28-20)17-7-11-19(25)12-8-17/h1-13,21H. The third-order valence-corrected chi connectivity index (χ3v) is 5.04. The first-order valence-electron chi connectivity index (χ1n) is 8.60. The molecule has 28 heavy (non-hydrogen) atoms. The molecule has 3 aromatic carbocycles. The van der Waals surface area contributed by atoms with Gasteiger partial charge in [0.15, 0.2) is 5.76 Å². The molecule has 1 fully saturated rings. The maximum absolute atomic E-state index is 12.7. The van der Waals surface area contributed by atoms with Crippen LogP contribution in [0.5, 0.6) is 0 Å². The van der Waals surface area contributed by atoms with Crippen molar-refractivity contribution in [2.24, 2.45) is 0 Å². The molecule has 0 aromatic heterocycles. The zero-order valence-corrected chi connectivity index (χ0v) is 16.1. The van der Waals surface area contributed by atoms with Gasteiger partial charge >= 0.3 is 5.97 Å². The van der Waals surface area contributed by atoms with Crippen molar-refractivity contribution in [3.8, 4) is 11.1 Å². The SMILES string of the molecule is O=C1OC(=Cc2ccc(-c3ccc(Cl)cc3)cc2)C(=O)C1c1ccc(Cl)cc1. The molecular weight excluding hydrogens is 395 g/mol. The molecule has 0 N–H and O–H groups in total. The summed E-state index contributed by atoms with van der Waals surface area (Å²) in [6, 6.07) is 21.8. The van der Waals surface area contributed by atoms with E-state index < -0.39 is 11.9 Å². The third-order valence-electron chi connectivity index (χ3n) is 4.54. The molecule has 1 aliphatic heterocycles. The van der Waals surface area contributed by atoms with Crippen LogP contribution in [0.1, 0.15) is 17.0 Å². The van der Waals surface area contributed by atoms with Gasteiger partial charge in [0.05, 0.1) is 0 Å². The summed E-state index contributed by atoms with van der Waals surface area (Å²) in [5, 5.41) is 1.22. The van der Waals surface area contributed by atoms with E-state index in [1.54, 1.807) is 30.3 Å². The topological polar surface area (TPSA) is 43.4 Å². The van der Waals surface area contributed by atoms with E-state index in [0.717, 1.165) is 16.7 Å². The number of esters is 1. The van der Waals surface area contributed by atoms with Gasteiger partial charge in [0.1, 0.15) is 5.92 Å². The fourth-order valence-corrected chi connectivity index (χ4v) is 3.33. The zero-order chi connectivity index (χ0) is 19.7. The number of benzene rings is 3. The van der Waals surface area contributed by atoms with E-state index >= 15 is 0 Å². The molecule has 0 spiro atoms. The molecule has 1 heterocycles. The quantitative estimate of drug-likeness (QED) is 0.307. The van der Waals surface area contributed by atoms with Gasteiger partial charge < -0.3 is 4.74 Å². The Labute approximate surface area is 172 Å². The Morgan fingerprint density at radius 2 is 1.21 bits per heavy atom. The highest BCUT2D eigenvalue weighted by Crippen LogP contribution is 2.32. The Balaban J connectivity index is 1.57. The highest BCUT2D eigenvalue weighted by Gasteiger charge is 2.40. The maximum atomic E-state index is 12.7. The third kappa shape index (κ3) is 3.72. The predicted octanol–water partition coefficient (Wildman–Crippen LogP) is 5.91. The highest BCUT2D eigenvalue weighted by atomic mass is 35.5. The number of cyclic esters (lactones) is 1. The van der Waals surface area contributed by atoms with Gasteiger partial charge in [0.25, 0.3) is 0 Å². The number of ketones is 1. The Kier molecular flexibility index (Phi) is 5.03. The van der Waals surface area contributed by atoms with Crippen LogP contribution in [0.3, 0.4) is 0 Å². The molecule has 1 aliphatic rings. The van der Waals surface area contributed by atoms with Crippen LogP contribution >= 0.6 is 23.2 Å². The summed E-state index contributed by atoms with van der Waals surface area (Å²) in [5.41, 5.74) is 3.40. The summed E-state index contributed by atoms with van der Waals surface area (Å²) < 4.78 is 5.23. The number of halogens is 2. The summed E-state index contributed by atoms with van der Waals surface area (Å²) in [5.74, 6) is -1.83. The van der Waals surface area contributed by atoms with E-state index in [0.29, 0.717) is 15.6 Å². The average Bonchev–Trinajstić information content (AvgIpc) is 2.97. The largest absolute Gasteiger partial charge is 0.422 e. The minimum absolute atomic E-state index is 0.0455. The van der Waals surface area contributed by atoms with Gasteiger partial charge in [-0.15, -0.1) is 0 Å². The molecule has 0 saturated carbocycles. The monoisotopic (exact) mass is 408 g/mol. The molecular formula is C23H14Cl2O3. The van der Waals surface area contributed by atoms with Crippen molar-refractivity contribution in [1.29, 1.82) is 0 Å². The van der Waals surface area contributed by atoms with Gasteiger partial charge in [-0.05, 0) is 52.6 Å². The highest BCUT2D eigenvalue weighted by molar-refractivity contribution is 6.31. The van der Waals surface area contributed by atoms with Crippen molar-refractivity contribution in [3.63, 3.8) is 0 Å². The summed E-state index contributed by atoms with van der Waals surface area (Å²) in [4.78, 5) is 24.9. The molecule has 3 aromatic rings. The second-order valence-electron chi connectivity index (χ2n) is 6.41. The average molecular weight is 409 g/mol. The van der Waals surface area contributed by atoms with Crippen LogP contribution in [0, 0.1) is 0 Å². The zero-order valence-electron chi connectivity index (χ0n) is 14.6. The predicted molar refractivity (Wildman–Crippen MR) is 110 cm³/mol. The van der Waals surface area contributed by atoms with Crippen molar-refractivity contribution >= 4 is 41.0 Å². The summed E-state index contributed by atoms with van der Waals surface area (Å²) in [6.07, 6.45) is 1.59. The number of carbonyl (C=O) groups excluding carboxylic acids is 2. The smallest absolute Gasteiger partial charge is 0.327 e. The maximum Gasteiger partial charge on any atom is 0.327 e. The van der Waals surface area contributed by atoms with Crippen LogP contribution in [-0.4, -0.2) is 11.8 Å². The fraction of sp³-hybridized carbons (Fsp3) is 0.0435. The molecule has 3 nitrogen and oxygen atoms in total. The van der Waals surface area contributed by atoms with Gasteiger partial charge in [-0.3, -0.25) is 9.59 Å². The van der Waals surface area contributed by atoms with Crippen molar-refractivity contribution in [2.75, 3.05) is 0 Å². The van der Waals surface area contributed by atoms with E-state index in [4.69, 9.17) is 27.9 Å². The summed E-state index contributed by atoms with van der Waals surface area (Å²) in [6.45, 7) is 0. The van der Waals surface area contributed by atoms with E-state index in [1.807, 2.05) is 48.5 Å². The molecule has 0 aliphatic carbocycles. The van der Waals surface area contributed by atoms with Gasteiger partial charge in [-0.1, -0.05) is 71.7 Å².